The van der Waals surface area contributed by atoms with Crippen LogP contribution in [0.1, 0.15) is 23.0 Å². The Morgan fingerprint density at radius 3 is 2.37 bits per heavy atom. The van der Waals surface area contributed by atoms with Crippen LogP contribution in [0.5, 0.6) is 0 Å². The Hall–Kier alpha value is -2.43. The molecule has 2 rings (SSSR count). The predicted molar refractivity (Wildman–Crippen MR) is 72.9 cm³/mol. The second-order valence-corrected chi connectivity index (χ2v) is 4.14. The number of aromatic carboxylic acids is 1. The second-order valence-electron chi connectivity index (χ2n) is 4.14. The van der Waals surface area contributed by atoms with Crippen molar-refractivity contribution in [1.82, 2.24) is 9.97 Å². The Balaban J connectivity index is 2.22. The lowest BCUT2D eigenvalue weighted by molar-refractivity contribution is 0.0690. The van der Waals surface area contributed by atoms with Crippen LogP contribution in [0.25, 0.3) is 0 Å². The number of carbonyl (C=O) groups is 1. The zero-order valence-electron chi connectivity index (χ0n) is 10.9. The fourth-order valence-electron chi connectivity index (χ4n) is 1.69. The summed E-state index contributed by atoms with van der Waals surface area (Å²) in [7, 11) is 1.87. The van der Waals surface area contributed by atoms with Crippen molar-refractivity contribution in [1.29, 1.82) is 0 Å². The summed E-state index contributed by atoms with van der Waals surface area (Å²) in [6, 6.07) is 8.13. The highest BCUT2D eigenvalue weighted by molar-refractivity contribution is 5.85. The molecule has 19 heavy (non-hydrogen) atoms. The fraction of sp³-hybridized carbons (Fsp3) is 0.214. The molecule has 0 saturated carbocycles. The van der Waals surface area contributed by atoms with Crippen molar-refractivity contribution in [3.63, 3.8) is 0 Å². The summed E-state index contributed by atoms with van der Waals surface area (Å²) in [5.74, 6) is -0.469. The number of rotatable bonds is 4. The molecular formula is C14H15N3O2. The third-order valence-electron chi connectivity index (χ3n) is 2.93. The molecule has 0 atom stereocenters. The summed E-state index contributed by atoms with van der Waals surface area (Å²) >= 11 is 0. The Morgan fingerprint density at radius 1 is 1.21 bits per heavy atom. The third-order valence-corrected chi connectivity index (χ3v) is 2.93. The van der Waals surface area contributed by atoms with E-state index in [1.54, 1.807) is 0 Å². The minimum atomic E-state index is -1.07. The lowest BCUT2D eigenvalue weighted by Gasteiger charge is -2.18. The maximum atomic E-state index is 10.7. The van der Waals surface area contributed by atoms with Crippen molar-refractivity contribution in [2.24, 2.45) is 0 Å². The van der Waals surface area contributed by atoms with Gasteiger partial charge in [-0.05, 0) is 24.1 Å². The van der Waals surface area contributed by atoms with E-state index in [0.717, 1.165) is 12.1 Å². The Bertz CT molecular complexity index is 564. The zero-order valence-corrected chi connectivity index (χ0v) is 10.9. The summed E-state index contributed by atoms with van der Waals surface area (Å²) < 4.78 is 0. The number of nitrogens with zero attached hydrogens (tertiary/aromatic N) is 3. The van der Waals surface area contributed by atoms with E-state index in [1.165, 1.54) is 18.0 Å². The van der Waals surface area contributed by atoms with Crippen LogP contribution in [0.15, 0.2) is 36.7 Å². The molecule has 0 spiro atoms. The van der Waals surface area contributed by atoms with Crippen LogP contribution in [0, 0.1) is 0 Å². The topological polar surface area (TPSA) is 66.3 Å². The highest BCUT2D eigenvalue weighted by Crippen LogP contribution is 2.21. The van der Waals surface area contributed by atoms with E-state index in [-0.39, 0.29) is 5.69 Å². The summed E-state index contributed by atoms with van der Waals surface area (Å²) in [5, 5.41) is 8.77. The van der Waals surface area contributed by atoms with Crippen molar-refractivity contribution in [3.8, 4) is 0 Å². The van der Waals surface area contributed by atoms with E-state index in [9.17, 15) is 4.79 Å². The van der Waals surface area contributed by atoms with Crippen LogP contribution < -0.4 is 4.90 Å². The van der Waals surface area contributed by atoms with Gasteiger partial charge in [0, 0.05) is 12.7 Å². The molecule has 0 aliphatic rings. The van der Waals surface area contributed by atoms with Gasteiger partial charge in [0.15, 0.2) is 11.5 Å². The lowest BCUT2D eigenvalue weighted by Crippen LogP contribution is -2.12. The van der Waals surface area contributed by atoms with E-state index in [2.05, 4.69) is 29.0 Å². The minimum Gasteiger partial charge on any atom is -0.476 e. The van der Waals surface area contributed by atoms with Crippen molar-refractivity contribution in [2.45, 2.75) is 13.3 Å². The number of hydrogen-bond acceptors (Lipinski definition) is 4. The van der Waals surface area contributed by atoms with Gasteiger partial charge in [-0.2, -0.15) is 0 Å². The molecule has 1 heterocycles. The van der Waals surface area contributed by atoms with E-state index in [0.29, 0.717) is 5.82 Å². The van der Waals surface area contributed by atoms with Gasteiger partial charge < -0.3 is 10.0 Å². The lowest BCUT2D eigenvalue weighted by atomic mass is 10.1. The molecule has 2 aromatic rings. The van der Waals surface area contributed by atoms with E-state index in [1.807, 2.05) is 24.1 Å². The van der Waals surface area contributed by atoms with Crippen LogP contribution in [-0.2, 0) is 6.42 Å². The number of hydrogen-bond donors (Lipinski definition) is 1. The third kappa shape index (κ3) is 2.88. The van der Waals surface area contributed by atoms with Crippen molar-refractivity contribution >= 4 is 17.5 Å². The predicted octanol–water partition coefficient (Wildman–Crippen LogP) is 2.51. The normalized spacial score (nSPS) is 10.2. The molecule has 0 bridgehead atoms. The summed E-state index contributed by atoms with van der Waals surface area (Å²) in [6.45, 7) is 2.11. The molecule has 0 saturated heterocycles. The first-order valence-corrected chi connectivity index (χ1v) is 6.00. The number of benzene rings is 1. The van der Waals surface area contributed by atoms with E-state index >= 15 is 0 Å². The van der Waals surface area contributed by atoms with Crippen molar-refractivity contribution < 1.29 is 9.90 Å². The number of carboxylic acids is 1. The maximum absolute atomic E-state index is 10.7. The minimum absolute atomic E-state index is 0.0570. The van der Waals surface area contributed by atoms with Gasteiger partial charge in [-0.1, -0.05) is 19.1 Å². The Labute approximate surface area is 111 Å². The number of aryl methyl sites for hydroxylation is 1. The first-order valence-electron chi connectivity index (χ1n) is 6.00. The van der Waals surface area contributed by atoms with Gasteiger partial charge >= 0.3 is 5.97 Å². The largest absolute Gasteiger partial charge is 0.476 e. The van der Waals surface area contributed by atoms with Gasteiger partial charge in [0.2, 0.25) is 0 Å². The maximum Gasteiger partial charge on any atom is 0.356 e. The number of anilines is 2. The monoisotopic (exact) mass is 257 g/mol. The number of carboxylic acid groups (broad SMARTS) is 1. The average molecular weight is 257 g/mol. The highest BCUT2D eigenvalue weighted by Gasteiger charge is 2.09. The van der Waals surface area contributed by atoms with E-state index < -0.39 is 5.97 Å². The quantitative estimate of drug-likeness (QED) is 0.911. The van der Waals surface area contributed by atoms with Crippen LogP contribution >= 0.6 is 0 Å². The molecule has 0 unspecified atom stereocenters. The number of aromatic nitrogens is 2. The van der Waals surface area contributed by atoms with Gasteiger partial charge in [-0.25, -0.2) is 14.8 Å². The molecule has 98 valence electrons. The van der Waals surface area contributed by atoms with Crippen molar-refractivity contribution in [2.75, 3.05) is 11.9 Å². The first-order chi connectivity index (χ1) is 9.11. The molecule has 5 heteroatoms. The molecule has 0 aliphatic carbocycles. The van der Waals surface area contributed by atoms with Gasteiger partial charge in [0.25, 0.3) is 0 Å². The van der Waals surface area contributed by atoms with Crippen LogP contribution in [0.3, 0.4) is 0 Å². The zero-order chi connectivity index (χ0) is 13.8. The molecule has 0 aliphatic heterocycles. The molecule has 0 amide bonds. The van der Waals surface area contributed by atoms with Gasteiger partial charge in [-0.3, -0.25) is 0 Å². The molecule has 0 fully saturated rings. The van der Waals surface area contributed by atoms with Crippen LogP contribution in [-0.4, -0.2) is 28.1 Å². The molecule has 1 N–H and O–H groups in total. The van der Waals surface area contributed by atoms with Crippen molar-refractivity contribution in [3.05, 3.63) is 47.9 Å². The Morgan fingerprint density at radius 2 is 1.89 bits per heavy atom. The Kier molecular flexibility index (Phi) is 3.75. The van der Waals surface area contributed by atoms with Gasteiger partial charge in [-0.15, -0.1) is 0 Å². The SMILES string of the molecule is CCc1ccc(N(C)c2cnc(C(=O)O)cn2)cc1. The van der Waals surface area contributed by atoms with Crippen LogP contribution in [0.2, 0.25) is 0 Å². The standard InChI is InChI=1S/C14H15N3O2/c1-3-10-4-6-11(7-5-10)17(2)13-9-15-12(8-16-13)14(18)19/h4-9H,3H2,1-2H3,(H,18,19). The summed E-state index contributed by atoms with van der Waals surface area (Å²) in [5.41, 5.74) is 2.19. The second kappa shape index (κ2) is 5.48. The van der Waals surface area contributed by atoms with Crippen LogP contribution in [0.4, 0.5) is 11.5 Å². The molecular weight excluding hydrogens is 242 g/mol. The fourth-order valence-corrected chi connectivity index (χ4v) is 1.69. The smallest absolute Gasteiger partial charge is 0.356 e. The molecule has 1 aromatic carbocycles. The summed E-state index contributed by atoms with van der Waals surface area (Å²) in [6.07, 6.45) is 3.71. The molecule has 5 nitrogen and oxygen atoms in total. The van der Waals surface area contributed by atoms with Gasteiger partial charge in [0.1, 0.15) is 0 Å². The first kappa shape index (κ1) is 13.0. The summed E-state index contributed by atoms with van der Waals surface area (Å²) in [4.78, 5) is 20.5. The highest BCUT2D eigenvalue weighted by atomic mass is 16.4. The molecule has 0 radical (unpaired) electrons. The van der Waals surface area contributed by atoms with E-state index in [4.69, 9.17) is 5.11 Å². The average Bonchev–Trinajstić information content (AvgIpc) is 2.46. The molecule has 1 aromatic heterocycles. The van der Waals surface area contributed by atoms with Gasteiger partial charge in [0.05, 0.1) is 12.4 Å².